The standard InChI is InChI=1S/C60H93N15O18.2C2HF3O2/c1-10-30(8)41-55(88)73-42(31(9)77)54(87)66-25-39(79)71-44(47(81)49(62)82)57(90)70-38(26-76)59(92)93-48(33-15-12-11-13-16-33)45(75-52(85)37(24-28(4)5)68-53(86)40(61)32-18-20-34(78)21-19-32)58(91)74-43(46(80)29(6)7)56(89)69-36(23-27(2)3)51(84)67-35(50(83)72-41)17-14-22-65-60(63)64;2*3-2(4,5)1(6)7/h11-13,15-16,18-21,27-31,35-38,40-48,76-78,80-81H,10,14,17,22-26,61H2,1-9H3,(H2,62,82)(H,66,87)(H,67,84)(H,68,86)(H,69,89)(H,70,90)(H,71,79)(H,72,83)(H,73,88)(H,74,91)(H,75,85)(H4,63,64,65);2*(H,6,7)/t30-,31-,35+,36-,37-,38-,40+,41?,42?,43-,44-,45-,46+,47-,48+;;/m0../s1. The molecular formula is C64H95F6N15O22. The summed E-state index contributed by atoms with van der Waals surface area (Å²) in [5.74, 6) is -23.3. The molecule has 1 aliphatic heterocycles. The number of carbonyl (C=O) groups excluding carboxylic acids is 12. The molecule has 3 rings (SSSR count). The second kappa shape index (κ2) is 44.4. The minimum atomic E-state index is -5.08. The Morgan fingerprint density at radius 1 is 0.626 bits per heavy atom. The number of aromatic hydroxyl groups is 1. The number of hydrogen-bond acceptors (Lipinski definition) is 22. The van der Waals surface area contributed by atoms with E-state index in [1.807, 2.05) is 10.6 Å². The van der Waals surface area contributed by atoms with Crippen molar-refractivity contribution in [2.75, 3.05) is 19.7 Å². The topological polar surface area (TPSA) is 627 Å². The number of primary amides is 1. The summed E-state index contributed by atoms with van der Waals surface area (Å²) in [4.78, 5) is 192. The van der Waals surface area contributed by atoms with E-state index in [2.05, 4.69) is 47.5 Å². The zero-order chi connectivity index (χ0) is 82.3. The molecule has 0 aliphatic carbocycles. The normalized spacial score (nSPS) is 22.5. The Bertz CT molecular complexity index is 3360. The molecule has 37 nitrogen and oxygen atoms in total. The van der Waals surface area contributed by atoms with E-state index in [-0.39, 0.29) is 67.4 Å². The molecule has 0 saturated carbocycles. The second-order valence-corrected chi connectivity index (χ2v) is 25.5. The SMILES string of the molecule is CC[C@H](C)C1NC(=O)[C@@H](CCCN=C(N)N)NC(=O)[C@H](CC(C)C)NC(=O)[C@H]([C@H](O)C(C)C)NC(=O)[C@@H](NC(=O)[C@H](CC(C)C)NC(=O)[C@H](N)c2ccc(O)cc2)[C@@H](c2ccccc2)OC(=O)[C@H](CO)NC(=O)[C@H]([C@H](O)C(N)=O)NC(=O)CNC(=O)C([C@H](C)O)NC1=O.O=C(O)C(F)(F)F.O=C(O)C(F)(F)F. The van der Waals surface area contributed by atoms with E-state index in [9.17, 15) is 105 Å². The van der Waals surface area contributed by atoms with Gasteiger partial charge in [0.1, 0.15) is 60.1 Å². The molecule has 2 aromatic rings. The average Bonchev–Trinajstić information content (AvgIpc) is 0.815. The van der Waals surface area contributed by atoms with Gasteiger partial charge < -0.3 is 117 Å². The van der Waals surface area contributed by atoms with Crippen LogP contribution in [0.3, 0.4) is 0 Å². The molecule has 25 N–H and O–H groups in total. The van der Waals surface area contributed by atoms with Crippen LogP contribution in [-0.2, 0) is 71.9 Å². The lowest BCUT2D eigenvalue weighted by atomic mass is 9.95. The van der Waals surface area contributed by atoms with Crippen molar-refractivity contribution in [3.8, 4) is 5.75 Å². The van der Waals surface area contributed by atoms with Crippen molar-refractivity contribution >= 4 is 88.8 Å². The van der Waals surface area contributed by atoms with Gasteiger partial charge in [-0.25, -0.2) is 14.4 Å². The maximum Gasteiger partial charge on any atom is 0.490 e. The highest BCUT2D eigenvalue weighted by atomic mass is 19.4. The Hall–Kier alpha value is -10.5. The van der Waals surface area contributed by atoms with Crippen LogP contribution in [0.4, 0.5) is 26.3 Å². The lowest BCUT2D eigenvalue weighted by Gasteiger charge is -2.33. The van der Waals surface area contributed by atoms with Gasteiger partial charge in [0.05, 0.1) is 25.4 Å². The van der Waals surface area contributed by atoms with Crippen LogP contribution >= 0.6 is 0 Å². The molecule has 0 aromatic heterocycles. The fourth-order valence-electron chi connectivity index (χ4n) is 9.45. The van der Waals surface area contributed by atoms with Crippen molar-refractivity contribution in [3.63, 3.8) is 0 Å². The maximum absolute atomic E-state index is 15.4. The third kappa shape index (κ3) is 32.8. The molecule has 2 unspecified atom stereocenters. The fourth-order valence-corrected chi connectivity index (χ4v) is 9.45. The molecule has 1 saturated heterocycles. The molecule has 15 atom stereocenters. The van der Waals surface area contributed by atoms with Crippen LogP contribution in [0.25, 0.3) is 0 Å². The summed E-state index contributed by atoms with van der Waals surface area (Å²) >= 11 is 0. The van der Waals surface area contributed by atoms with Gasteiger partial charge in [0.15, 0.2) is 24.2 Å². The number of halogens is 6. The Morgan fingerprint density at radius 3 is 1.60 bits per heavy atom. The highest BCUT2D eigenvalue weighted by molar-refractivity contribution is 6.00. The number of carboxylic acids is 2. The Labute approximate surface area is 608 Å². The van der Waals surface area contributed by atoms with E-state index in [4.69, 9.17) is 47.5 Å². The first-order valence-corrected chi connectivity index (χ1v) is 32.9. The number of nitrogens with two attached hydrogens (primary N) is 4. The summed E-state index contributed by atoms with van der Waals surface area (Å²) in [6, 6.07) is -6.19. The minimum Gasteiger partial charge on any atom is -0.508 e. The second-order valence-electron chi connectivity index (χ2n) is 25.5. The number of carboxylic acid groups (broad SMARTS) is 2. The molecule has 0 bridgehead atoms. The Morgan fingerprint density at radius 2 is 1.12 bits per heavy atom. The summed E-state index contributed by atoms with van der Waals surface area (Å²) in [7, 11) is 0. The third-order valence-corrected chi connectivity index (χ3v) is 15.4. The van der Waals surface area contributed by atoms with Gasteiger partial charge in [0, 0.05) is 6.54 Å². The first-order chi connectivity index (χ1) is 49.5. The van der Waals surface area contributed by atoms with E-state index >= 15 is 4.79 Å². The van der Waals surface area contributed by atoms with Crippen LogP contribution < -0.4 is 76.1 Å². The number of ether oxygens (including phenoxy) is 1. The number of nitrogens with one attached hydrogen (secondary N) is 10. The van der Waals surface area contributed by atoms with Gasteiger partial charge in [-0.15, -0.1) is 0 Å². The van der Waals surface area contributed by atoms with Crippen molar-refractivity contribution in [2.24, 2.45) is 51.6 Å². The number of alkyl halides is 6. The van der Waals surface area contributed by atoms with Crippen LogP contribution in [0.5, 0.6) is 5.75 Å². The minimum absolute atomic E-state index is 0.0344. The number of aliphatic hydroxyl groups is 4. The molecule has 1 fully saturated rings. The van der Waals surface area contributed by atoms with E-state index in [0.717, 1.165) is 6.92 Å². The summed E-state index contributed by atoms with van der Waals surface area (Å²) in [6.07, 6.45) is -18.6. The number of aliphatic hydroxyl groups excluding tert-OH is 4. The van der Waals surface area contributed by atoms with Crippen LogP contribution in [-0.4, -0.2) is 229 Å². The van der Waals surface area contributed by atoms with Gasteiger partial charge in [-0.1, -0.05) is 104 Å². The lowest BCUT2D eigenvalue weighted by molar-refractivity contribution is -0.193. The highest BCUT2D eigenvalue weighted by Gasteiger charge is 2.45. The predicted molar refractivity (Wildman–Crippen MR) is 361 cm³/mol. The maximum atomic E-state index is 15.4. The number of phenols is 1. The average molecular weight is 1540 g/mol. The monoisotopic (exact) mass is 1540 g/mol. The molecule has 2 aromatic carbocycles. The number of aliphatic carboxylic acids is 2. The zero-order valence-electron chi connectivity index (χ0n) is 59.5. The summed E-state index contributed by atoms with van der Waals surface area (Å²) in [5, 5.41) is 92.1. The van der Waals surface area contributed by atoms with Crippen LogP contribution in [0.15, 0.2) is 59.6 Å². The predicted octanol–water partition coefficient (Wildman–Crippen LogP) is -4.14. The first-order valence-electron chi connectivity index (χ1n) is 32.9. The largest absolute Gasteiger partial charge is 0.508 e. The number of nitrogens with zero attached hydrogens (tertiary/aromatic N) is 1. The molecule has 600 valence electrons. The number of hydrogen-bond donors (Lipinski definition) is 21. The van der Waals surface area contributed by atoms with Crippen molar-refractivity contribution < 1.29 is 134 Å². The van der Waals surface area contributed by atoms with Gasteiger partial charge >= 0.3 is 30.3 Å². The number of guanidine groups is 1. The highest BCUT2D eigenvalue weighted by Crippen LogP contribution is 2.26. The van der Waals surface area contributed by atoms with Gasteiger partial charge in [0.25, 0.3) is 0 Å². The molecule has 0 radical (unpaired) electrons. The number of esters is 1. The van der Waals surface area contributed by atoms with E-state index in [0.29, 0.717) is 0 Å². The van der Waals surface area contributed by atoms with Gasteiger partial charge in [-0.05, 0) is 79.5 Å². The van der Waals surface area contributed by atoms with E-state index < -0.39 is 211 Å². The van der Waals surface area contributed by atoms with E-state index in [1.165, 1.54) is 68.4 Å². The molecule has 1 aliphatic rings. The van der Waals surface area contributed by atoms with Crippen LogP contribution in [0.2, 0.25) is 0 Å². The quantitative estimate of drug-likeness (QED) is 0.0175. The summed E-state index contributed by atoms with van der Waals surface area (Å²) in [5.41, 5.74) is 22.9. The Balaban J connectivity index is 0.00000369. The first kappa shape index (κ1) is 94.5. The van der Waals surface area contributed by atoms with Gasteiger partial charge in [-0.3, -0.25) is 57.7 Å². The number of phenolic OH excluding ortho intramolecular Hbond substituents is 1. The smallest absolute Gasteiger partial charge is 0.490 e. The summed E-state index contributed by atoms with van der Waals surface area (Å²) in [6.45, 7) is 11.5. The molecule has 0 spiro atoms. The van der Waals surface area contributed by atoms with Gasteiger partial charge in [0.2, 0.25) is 65.0 Å². The van der Waals surface area contributed by atoms with Crippen molar-refractivity contribution in [3.05, 3.63) is 65.7 Å². The van der Waals surface area contributed by atoms with Crippen molar-refractivity contribution in [1.82, 2.24) is 53.2 Å². The summed E-state index contributed by atoms with van der Waals surface area (Å²) < 4.78 is 69.4. The van der Waals surface area contributed by atoms with Crippen LogP contribution in [0, 0.1) is 23.7 Å². The van der Waals surface area contributed by atoms with Crippen molar-refractivity contribution in [2.45, 2.75) is 192 Å². The number of aliphatic imine (C=N–C) groups is 1. The number of amides is 11. The van der Waals surface area contributed by atoms with Crippen LogP contribution in [0.1, 0.15) is 118 Å². The van der Waals surface area contributed by atoms with Crippen molar-refractivity contribution in [1.29, 1.82) is 0 Å². The molecule has 11 amide bonds. The number of rotatable bonds is 22. The van der Waals surface area contributed by atoms with E-state index in [1.54, 1.807) is 41.5 Å². The number of cyclic esters (lactones) is 1. The lowest BCUT2D eigenvalue weighted by Crippen LogP contribution is -2.64. The molecule has 43 heteroatoms. The molecule has 1 heterocycles. The number of carbonyl (C=O) groups is 14. The number of benzene rings is 2. The fraction of sp³-hybridized carbons (Fsp3) is 0.578. The zero-order valence-corrected chi connectivity index (χ0v) is 59.5. The van der Waals surface area contributed by atoms with Gasteiger partial charge in [-0.2, -0.15) is 26.3 Å². The molecule has 107 heavy (non-hydrogen) atoms. The third-order valence-electron chi connectivity index (χ3n) is 15.4. The molecular weight excluding hydrogens is 1440 g/mol. The Kier molecular flexibility index (Phi) is 39.2.